The minimum absolute atomic E-state index is 0.0738. The minimum Gasteiger partial charge on any atom is -0.444 e. The first-order valence-electron chi connectivity index (χ1n) is 4.71. The molecule has 16 heavy (non-hydrogen) atoms. The molecule has 0 aliphatic rings. The van der Waals surface area contributed by atoms with Gasteiger partial charge in [0.05, 0.1) is 17.3 Å². The highest BCUT2D eigenvalue weighted by Gasteiger charge is 2.14. The van der Waals surface area contributed by atoms with Crippen LogP contribution in [-0.2, 0) is 0 Å². The van der Waals surface area contributed by atoms with E-state index in [1.165, 1.54) is 18.3 Å². The quantitative estimate of drug-likeness (QED) is 0.878. The number of rotatable bonds is 2. The molecule has 5 heteroatoms. The molecule has 2 N–H and O–H groups in total. The van der Waals surface area contributed by atoms with E-state index in [0.29, 0.717) is 17.2 Å². The number of oxazole rings is 1. The number of benzene rings is 1. The summed E-state index contributed by atoms with van der Waals surface area (Å²) in [5.41, 5.74) is 6.50. The second-order valence-electron chi connectivity index (χ2n) is 3.43. The van der Waals surface area contributed by atoms with E-state index in [1.807, 2.05) is 0 Å². The van der Waals surface area contributed by atoms with Crippen molar-refractivity contribution in [3.8, 4) is 0 Å². The molecule has 1 atom stereocenters. The van der Waals surface area contributed by atoms with Crippen LogP contribution in [0.5, 0.6) is 0 Å². The Balaban J connectivity index is 2.33. The van der Waals surface area contributed by atoms with E-state index in [1.54, 1.807) is 13.0 Å². The molecule has 1 heterocycles. The molecule has 0 aliphatic heterocycles. The van der Waals surface area contributed by atoms with Gasteiger partial charge < -0.3 is 10.2 Å². The number of nitrogens with two attached hydrogens (primary N) is 1. The summed E-state index contributed by atoms with van der Waals surface area (Å²) in [6.45, 7) is 1.72. The van der Waals surface area contributed by atoms with Crippen LogP contribution in [0.15, 0.2) is 28.8 Å². The second kappa shape index (κ2) is 4.23. The van der Waals surface area contributed by atoms with Crippen LogP contribution in [0.3, 0.4) is 0 Å². The van der Waals surface area contributed by atoms with Gasteiger partial charge >= 0.3 is 0 Å². The molecule has 0 bridgehead atoms. The second-order valence-corrected chi connectivity index (χ2v) is 3.84. The molecule has 1 aromatic heterocycles. The highest BCUT2D eigenvalue weighted by Crippen LogP contribution is 2.23. The van der Waals surface area contributed by atoms with E-state index in [0.717, 1.165) is 0 Å². The van der Waals surface area contributed by atoms with Crippen molar-refractivity contribution >= 4 is 11.6 Å². The van der Waals surface area contributed by atoms with Crippen LogP contribution in [0.25, 0.3) is 0 Å². The molecule has 0 saturated carbocycles. The maximum atomic E-state index is 13.2. The molecule has 0 radical (unpaired) electrons. The zero-order chi connectivity index (χ0) is 11.7. The van der Waals surface area contributed by atoms with Crippen LogP contribution < -0.4 is 5.73 Å². The highest BCUT2D eigenvalue weighted by atomic mass is 35.5. The summed E-state index contributed by atoms with van der Waals surface area (Å²) in [7, 11) is 0. The molecule has 2 rings (SSSR count). The van der Waals surface area contributed by atoms with Gasteiger partial charge in [-0.3, -0.25) is 0 Å². The van der Waals surface area contributed by atoms with Gasteiger partial charge in [0.2, 0.25) is 0 Å². The monoisotopic (exact) mass is 240 g/mol. The predicted octanol–water partition coefficient (Wildman–Crippen LogP) is 2.82. The van der Waals surface area contributed by atoms with Gasteiger partial charge in [-0.25, -0.2) is 9.37 Å². The Morgan fingerprint density at radius 1 is 1.50 bits per heavy atom. The molecule has 0 aliphatic carbocycles. The number of hydrogen-bond donors (Lipinski definition) is 1. The fourth-order valence-electron chi connectivity index (χ4n) is 1.39. The zero-order valence-electron chi connectivity index (χ0n) is 8.58. The SMILES string of the molecule is Cc1ncc([C@@H](N)c2ccc(Cl)c(F)c2)o1. The van der Waals surface area contributed by atoms with Crippen molar-refractivity contribution in [1.82, 2.24) is 4.98 Å². The van der Waals surface area contributed by atoms with Crippen molar-refractivity contribution < 1.29 is 8.81 Å². The lowest BCUT2D eigenvalue weighted by Crippen LogP contribution is -2.11. The zero-order valence-corrected chi connectivity index (χ0v) is 9.33. The van der Waals surface area contributed by atoms with Crippen LogP contribution in [0, 0.1) is 12.7 Å². The number of hydrogen-bond acceptors (Lipinski definition) is 3. The van der Waals surface area contributed by atoms with Gasteiger partial charge in [0.15, 0.2) is 5.89 Å². The minimum atomic E-state index is -0.534. The number of aromatic nitrogens is 1. The Bertz CT molecular complexity index is 512. The van der Waals surface area contributed by atoms with E-state index < -0.39 is 11.9 Å². The molecule has 84 valence electrons. The van der Waals surface area contributed by atoms with E-state index in [-0.39, 0.29) is 5.02 Å². The Labute approximate surface area is 97.0 Å². The number of aryl methyl sites for hydroxylation is 1. The van der Waals surface area contributed by atoms with Crippen LogP contribution >= 0.6 is 11.6 Å². The molecule has 2 aromatic rings. The number of nitrogens with zero attached hydrogens (tertiary/aromatic N) is 1. The lowest BCUT2D eigenvalue weighted by atomic mass is 10.1. The van der Waals surface area contributed by atoms with Crippen molar-refractivity contribution in [2.24, 2.45) is 5.73 Å². The molecule has 0 saturated heterocycles. The molecule has 1 aromatic carbocycles. The van der Waals surface area contributed by atoms with Gasteiger partial charge in [0.1, 0.15) is 11.6 Å². The topological polar surface area (TPSA) is 52.0 Å². The number of halogens is 2. The fraction of sp³-hybridized carbons (Fsp3) is 0.182. The van der Waals surface area contributed by atoms with Crippen LogP contribution in [0.2, 0.25) is 5.02 Å². The van der Waals surface area contributed by atoms with Crippen molar-refractivity contribution in [2.75, 3.05) is 0 Å². The maximum absolute atomic E-state index is 13.2. The third kappa shape index (κ3) is 2.08. The molecule has 0 fully saturated rings. The van der Waals surface area contributed by atoms with Crippen molar-refractivity contribution in [3.05, 3.63) is 52.5 Å². The third-order valence-corrected chi connectivity index (χ3v) is 2.55. The lowest BCUT2D eigenvalue weighted by molar-refractivity contribution is 0.458. The van der Waals surface area contributed by atoms with Crippen LogP contribution in [0.1, 0.15) is 23.3 Å². The smallest absolute Gasteiger partial charge is 0.191 e. The Morgan fingerprint density at radius 2 is 2.25 bits per heavy atom. The largest absolute Gasteiger partial charge is 0.444 e. The van der Waals surface area contributed by atoms with Crippen molar-refractivity contribution in [1.29, 1.82) is 0 Å². The average molecular weight is 241 g/mol. The van der Waals surface area contributed by atoms with Gasteiger partial charge in [-0.1, -0.05) is 17.7 Å². The summed E-state index contributed by atoms with van der Waals surface area (Å²) in [6, 6.07) is 3.89. The summed E-state index contributed by atoms with van der Waals surface area (Å²) in [4.78, 5) is 3.94. The van der Waals surface area contributed by atoms with Gasteiger partial charge in [-0.15, -0.1) is 0 Å². The Morgan fingerprint density at radius 3 is 2.81 bits per heavy atom. The van der Waals surface area contributed by atoms with Gasteiger partial charge in [-0.05, 0) is 17.7 Å². The van der Waals surface area contributed by atoms with Gasteiger partial charge in [0.25, 0.3) is 0 Å². The Hall–Kier alpha value is -1.39. The first-order valence-corrected chi connectivity index (χ1v) is 5.08. The third-order valence-electron chi connectivity index (χ3n) is 2.25. The van der Waals surface area contributed by atoms with Crippen molar-refractivity contribution in [2.45, 2.75) is 13.0 Å². The van der Waals surface area contributed by atoms with Crippen molar-refractivity contribution in [3.63, 3.8) is 0 Å². The fourth-order valence-corrected chi connectivity index (χ4v) is 1.51. The molecule has 3 nitrogen and oxygen atoms in total. The first-order chi connectivity index (χ1) is 7.58. The van der Waals surface area contributed by atoms with E-state index in [4.69, 9.17) is 21.8 Å². The molecule has 0 spiro atoms. The summed E-state index contributed by atoms with van der Waals surface area (Å²) in [6.07, 6.45) is 1.53. The molecule has 0 amide bonds. The lowest BCUT2D eigenvalue weighted by Gasteiger charge is -2.08. The van der Waals surface area contributed by atoms with Gasteiger partial charge in [0, 0.05) is 6.92 Å². The van der Waals surface area contributed by atoms with E-state index in [9.17, 15) is 4.39 Å². The summed E-state index contributed by atoms with van der Waals surface area (Å²) in [5, 5.41) is 0.0738. The summed E-state index contributed by atoms with van der Waals surface area (Å²) in [5.74, 6) is 0.532. The standard InChI is InChI=1S/C11H10ClFN2O/c1-6-15-5-10(16-6)11(14)7-2-3-8(12)9(13)4-7/h2-5,11H,14H2,1H3/t11-/m0/s1. The summed E-state index contributed by atoms with van der Waals surface area (Å²) < 4.78 is 18.5. The predicted molar refractivity (Wildman–Crippen MR) is 58.7 cm³/mol. The van der Waals surface area contributed by atoms with Gasteiger partial charge in [-0.2, -0.15) is 0 Å². The van der Waals surface area contributed by atoms with Crippen LogP contribution in [0.4, 0.5) is 4.39 Å². The highest BCUT2D eigenvalue weighted by molar-refractivity contribution is 6.30. The summed E-state index contributed by atoms with van der Waals surface area (Å²) >= 11 is 5.58. The molecule has 0 unspecified atom stereocenters. The first kappa shape index (κ1) is 11.1. The maximum Gasteiger partial charge on any atom is 0.191 e. The van der Waals surface area contributed by atoms with Crippen LogP contribution in [-0.4, -0.2) is 4.98 Å². The van der Waals surface area contributed by atoms with E-state index >= 15 is 0 Å². The molecular formula is C11H10ClFN2O. The normalized spacial score (nSPS) is 12.8. The van der Waals surface area contributed by atoms with E-state index in [2.05, 4.69) is 4.98 Å². The molecular weight excluding hydrogens is 231 g/mol. The average Bonchev–Trinajstić information content (AvgIpc) is 2.68. The Kier molecular flexibility index (Phi) is 2.94.